The minimum Gasteiger partial charge on any atom is -0.493 e. The van der Waals surface area contributed by atoms with Gasteiger partial charge in [-0.25, -0.2) is 4.79 Å². The fourth-order valence-corrected chi connectivity index (χ4v) is 3.72. The van der Waals surface area contributed by atoms with Gasteiger partial charge >= 0.3 is 6.03 Å². The van der Waals surface area contributed by atoms with Crippen molar-refractivity contribution < 1.29 is 9.53 Å². The average molecular weight is 331 g/mol. The van der Waals surface area contributed by atoms with Gasteiger partial charge in [-0.05, 0) is 38.9 Å². The zero-order valence-corrected chi connectivity index (χ0v) is 15.0. The van der Waals surface area contributed by atoms with Gasteiger partial charge in [0.25, 0.3) is 0 Å². The van der Waals surface area contributed by atoms with Gasteiger partial charge in [0.1, 0.15) is 5.75 Å². The van der Waals surface area contributed by atoms with Crippen molar-refractivity contribution in [3.63, 3.8) is 0 Å². The Kier molecular flexibility index (Phi) is 5.29. The minimum absolute atomic E-state index is 0.0635. The van der Waals surface area contributed by atoms with Gasteiger partial charge in [0.2, 0.25) is 0 Å². The SMILES string of the molecule is CCN(C)CC1CCN(C(=O)NC(C)C2COc3ccccc32)C1. The third kappa shape index (κ3) is 3.66. The molecule has 0 saturated carbocycles. The standard InChI is InChI=1S/C19H29N3O2/c1-4-21(3)11-15-9-10-22(12-15)19(23)20-14(2)17-13-24-18-8-6-5-7-16(17)18/h5-8,14-15,17H,4,9-13H2,1-3H3,(H,20,23). The highest BCUT2D eigenvalue weighted by Crippen LogP contribution is 2.35. The summed E-state index contributed by atoms with van der Waals surface area (Å²) in [5.74, 6) is 1.77. The molecule has 1 fully saturated rings. The molecule has 5 nitrogen and oxygen atoms in total. The van der Waals surface area contributed by atoms with E-state index in [0.29, 0.717) is 12.5 Å². The molecule has 1 saturated heterocycles. The largest absolute Gasteiger partial charge is 0.493 e. The first kappa shape index (κ1) is 17.1. The number of carbonyl (C=O) groups is 1. The number of benzene rings is 1. The molecule has 0 bridgehead atoms. The number of hydrogen-bond donors (Lipinski definition) is 1. The Hall–Kier alpha value is -1.75. The monoisotopic (exact) mass is 331 g/mol. The molecular formula is C19H29N3O2. The molecule has 1 N–H and O–H groups in total. The third-order valence-corrected chi connectivity index (χ3v) is 5.37. The molecule has 2 amide bonds. The molecule has 24 heavy (non-hydrogen) atoms. The summed E-state index contributed by atoms with van der Waals surface area (Å²) in [5.41, 5.74) is 1.20. The number of likely N-dealkylation sites (tertiary alicyclic amines) is 1. The summed E-state index contributed by atoms with van der Waals surface area (Å²) >= 11 is 0. The number of amides is 2. The van der Waals surface area contributed by atoms with E-state index in [1.165, 1.54) is 5.56 Å². The third-order valence-electron chi connectivity index (χ3n) is 5.37. The van der Waals surface area contributed by atoms with E-state index in [-0.39, 0.29) is 18.0 Å². The molecule has 132 valence electrons. The lowest BCUT2D eigenvalue weighted by Gasteiger charge is -2.25. The van der Waals surface area contributed by atoms with E-state index in [1.54, 1.807) is 0 Å². The van der Waals surface area contributed by atoms with Crippen LogP contribution in [-0.2, 0) is 0 Å². The van der Waals surface area contributed by atoms with E-state index in [4.69, 9.17) is 4.74 Å². The predicted molar refractivity (Wildman–Crippen MR) is 95.5 cm³/mol. The van der Waals surface area contributed by atoms with Gasteiger partial charge in [-0.2, -0.15) is 0 Å². The highest BCUT2D eigenvalue weighted by atomic mass is 16.5. The quantitative estimate of drug-likeness (QED) is 0.902. The average Bonchev–Trinajstić information content (AvgIpc) is 3.21. The first-order valence-electron chi connectivity index (χ1n) is 9.04. The van der Waals surface area contributed by atoms with Crippen LogP contribution in [0, 0.1) is 5.92 Å². The van der Waals surface area contributed by atoms with Crippen molar-refractivity contribution in [2.75, 3.05) is 39.8 Å². The van der Waals surface area contributed by atoms with Crippen LogP contribution in [0.2, 0.25) is 0 Å². The Morgan fingerprint density at radius 3 is 3.04 bits per heavy atom. The maximum atomic E-state index is 12.6. The highest BCUT2D eigenvalue weighted by molar-refractivity contribution is 5.75. The lowest BCUT2D eigenvalue weighted by Crippen LogP contribution is -2.45. The molecule has 1 aromatic carbocycles. The van der Waals surface area contributed by atoms with Crippen molar-refractivity contribution in [3.8, 4) is 5.75 Å². The normalized spacial score (nSPS) is 23.9. The molecule has 0 spiro atoms. The van der Waals surface area contributed by atoms with Gasteiger partial charge in [-0.1, -0.05) is 25.1 Å². The number of carbonyl (C=O) groups excluding carboxylic acids is 1. The van der Waals surface area contributed by atoms with Gasteiger partial charge < -0.3 is 19.9 Å². The number of para-hydroxylation sites is 1. The fraction of sp³-hybridized carbons (Fsp3) is 0.632. The summed E-state index contributed by atoms with van der Waals surface area (Å²) in [7, 11) is 2.14. The molecule has 3 unspecified atom stereocenters. The first-order valence-corrected chi connectivity index (χ1v) is 9.04. The van der Waals surface area contributed by atoms with Crippen LogP contribution in [0.1, 0.15) is 31.7 Å². The van der Waals surface area contributed by atoms with Gasteiger partial charge in [-0.15, -0.1) is 0 Å². The maximum absolute atomic E-state index is 12.6. The molecule has 0 aromatic heterocycles. The number of ether oxygens (including phenoxy) is 1. The summed E-state index contributed by atoms with van der Waals surface area (Å²) in [6.07, 6.45) is 1.10. The Morgan fingerprint density at radius 2 is 2.25 bits per heavy atom. The molecular weight excluding hydrogens is 302 g/mol. The van der Waals surface area contributed by atoms with E-state index in [9.17, 15) is 4.79 Å². The lowest BCUT2D eigenvalue weighted by molar-refractivity contribution is 0.197. The van der Waals surface area contributed by atoms with E-state index < -0.39 is 0 Å². The number of nitrogens with one attached hydrogen (secondary N) is 1. The van der Waals surface area contributed by atoms with Crippen LogP contribution in [0.4, 0.5) is 4.79 Å². The smallest absolute Gasteiger partial charge is 0.317 e. The van der Waals surface area contributed by atoms with Crippen LogP contribution < -0.4 is 10.1 Å². The second-order valence-corrected chi connectivity index (χ2v) is 7.15. The van der Waals surface area contributed by atoms with Gasteiger partial charge in [0, 0.05) is 37.2 Å². The Balaban J connectivity index is 1.52. The summed E-state index contributed by atoms with van der Waals surface area (Å²) in [4.78, 5) is 16.9. The van der Waals surface area contributed by atoms with Gasteiger partial charge in [0.05, 0.1) is 6.61 Å². The zero-order valence-electron chi connectivity index (χ0n) is 15.0. The van der Waals surface area contributed by atoms with Crippen LogP contribution in [-0.4, -0.2) is 61.7 Å². The van der Waals surface area contributed by atoms with E-state index in [2.05, 4.69) is 37.2 Å². The summed E-state index contributed by atoms with van der Waals surface area (Å²) in [6, 6.07) is 8.25. The lowest BCUT2D eigenvalue weighted by atomic mass is 9.94. The van der Waals surface area contributed by atoms with Crippen molar-refractivity contribution in [1.82, 2.24) is 15.1 Å². The number of urea groups is 1. The first-order chi connectivity index (χ1) is 11.6. The summed E-state index contributed by atoms with van der Waals surface area (Å²) in [6.45, 7) is 8.74. The Morgan fingerprint density at radius 1 is 1.46 bits per heavy atom. The second kappa shape index (κ2) is 7.43. The van der Waals surface area contributed by atoms with Gasteiger partial charge in [0.15, 0.2) is 0 Å². The summed E-state index contributed by atoms with van der Waals surface area (Å²) in [5, 5.41) is 3.19. The molecule has 1 aromatic rings. The topological polar surface area (TPSA) is 44.8 Å². The van der Waals surface area contributed by atoms with Crippen molar-refractivity contribution >= 4 is 6.03 Å². The molecule has 3 rings (SSSR count). The number of fused-ring (bicyclic) bond motifs is 1. The zero-order chi connectivity index (χ0) is 17.1. The predicted octanol–water partition coefficient (Wildman–Crippen LogP) is 2.53. The molecule has 0 radical (unpaired) electrons. The highest BCUT2D eigenvalue weighted by Gasteiger charge is 2.32. The second-order valence-electron chi connectivity index (χ2n) is 7.15. The fourth-order valence-electron chi connectivity index (χ4n) is 3.72. The van der Waals surface area contributed by atoms with Crippen LogP contribution in [0.3, 0.4) is 0 Å². The molecule has 5 heteroatoms. The minimum atomic E-state index is 0.0635. The van der Waals surface area contributed by atoms with Crippen LogP contribution >= 0.6 is 0 Å². The number of rotatable bonds is 5. The van der Waals surface area contributed by atoms with Crippen molar-refractivity contribution in [3.05, 3.63) is 29.8 Å². The van der Waals surface area contributed by atoms with Crippen LogP contribution in [0.25, 0.3) is 0 Å². The van der Waals surface area contributed by atoms with Gasteiger partial charge in [-0.3, -0.25) is 0 Å². The molecule has 2 heterocycles. The molecule has 2 aliphatic rings. The molecule has 2 aliphatic heterocycles. The number of hydrogen-bond acceptors (Lipinski definition) is 3. The van der Waals surface area contributed by atoms with Crippen molar-refractivity contribution in [2.24, 2.45) is 5.92 Å². The summed E-state index contributed by atoms with van der Waals surface area (Å²) < 4.78 is 5.74. The van der Waals surface area contributed by atoms with E-state index in [0.717, 1.165) is 38.3 Å². The molecule has 3 atom stereocenters. The maximum Gasteiger partial charge on any atom is 0.317 e. The van der Waals surface area contributed by atoms with Crippen LogP contribution in [0.5, 0.6) is 5.75 Å². The van der Waals surface area contributed by atoms with Crippen molar-refractivity contribution in [2.45, 2.75) is 32.2 Å². The van der Waals surface area contributed by atoms with Crippen LogP contribution in [0.15, 0.2) is 24.3 Å². The Bertz CT molecular complexity index is 577. The Labute approximate surface area is 145 Å². The van der Waals surface area contributed by atoms with E-state index >= 15 is 0 Å². The molecule has 0 aliphatic carbocycles. The van der Waals surface area contributed by atoms with E-state index in [1.807, 2.05) is 23.1 Å². The van der Waals surface area contributed by atoms with Crippen molar-refractivity contribution in [1.29, 1.82) is 0 Å². The number of nitrogens with zero attached hydrogens (tertiary/aromatic N) is 2.